The molecule has 0 aliphatic rings. The molecule has 4 rings (SSSR count). The second-order valence-corrected chi connectivity index (χ2v) is 8.25. The van der Waals surface area contributed by atoms with E-state index in [-0.39, 0.29) is 22.7 Å². The maximum absolute atomic E-state index is 12.5. The fraction of sp³-hybridized carbons (Fsp3) is 0. The summed E-state index contributed by atoms with van der Waals surface area (Å²) in [5.41, 5.74) is 2.34. The molecule has 0 bridgehead atoms. The molecule has 6 nitrogen and oxygen atoms in total. The number of rotatable bonds is 4. The molecule has 0 radical (unpaired) electrons. The number of furan rings is 1. The Kier molecular flexibility index (Phi) is 6.28. The number of nitrogens with one attached hydrogen (secondary N) is 3. The zero-order valence-corrected chi connectivity index (χ0v) is 19.0. The molecule has 154 valence electrons. The summed E-state index contributed by atoms with van der Waals surface area (Å²) in [6.45, 7) is 0. The third-order valence-corrected chi connectivity index (χ3v) is 5.28. The van der Waals surface area contributed by atoms with Gasteiger partial charge in [-0.15, -0.1) is 0 Å². The van der Waals surface area contributed by atoms with Crippen molar-refractivity contribution in [1.29, 1.82) is 0 Å². The lowest BCUT2D eigenvalue weighted by atomic mass is 10.2. The summed E-state index contributed by atoms with van der Waals surface area (Å²) in [5, 5.41) is 9.41. The standard InChI is InChI=1S/C23H16IN3O3S/c24-16-10-8-14(9-11-16)21(28)27-23(31)26-18-6-3-5-17(13-18)25-22(29)20-12-15-4-1-2-7-19(15)30-20/h1-13H,(H,25,29)(H2,26,27,28,31). The zero-order chi connectivity index (χ0) is 21.8. The quantitative estimate of drug-likeness (QED) is 0.238. The predicted molar refractivity (Wildman–Crippen MR) is 133 cm³/mol. The van der Waals surface area contributed by atoms with E-state index >= 15 is 0 Å². The molecule has 0 saturated heterocycles. The SMILES string of the molecule is O=C(NC(=S)Nc1cccc(NC(=O)c2cc3ccccc3o2)c1)c1ccc(I)cc1. The van der Waals surface area contributed by atoms with Gasteiger partial charge in [-0.05, 0) is 89.4 Å². The summed E-state index contributed by atoms with van der Waals surface area (Å²) in [4.78, 5) is 24.8. The van der Waals surface area contributed by atoms with E-state index in [0.29, 0.717) is 22.5 Å². The molecular weight excluding hydrogens is 525 g/mol. The zero-order valence-electron chi connectivity index (χ0n) is 16.0. The summed E-state index contributed by atoms with van der Waals surface area (Å²) < 4.78 is 6.63. The molecule has 2 amide bonds. The van der Waals surface area contributed by atoms with Gasteiger partial charge in [0.05, 0.1) is 0 Å². The Morgan fingerprint density at radius 1 is 0.806 bits per heavy atom. The van der Waals surface area contributed by atoms with Crippen molar-refractivity contribution in [3.05, 3.63) is 93.8 Å². The van der Waals surface area contributed by atoms with Crippen LogP contribution in [0.3, 0.4) is 0 Å². The molecule has 3 N–H and O–H groups in total. The molecule has 4 aromatic rings. The van der Waals surface area contributed by atoms with Crippen LogP contribution in [0.4, 0.5) is 11.4 Å². The van der Waals surface area contributed by atoms with E-state index in [4.69, 9.17) is 16.6 Å². The van der Waals surface area contributed by atoms with Crippen molar-refractivity contribution < 1.29 is 14.0 Å². The minimum atomic E-state index is -0.358. The first kappa shape index (κ1) is 21.0. The van der Waals surface area contributed by atoms with E-state index in [9.17, 15) is 9.59 Å². The van der Waals surface area contributed by atoms with E-state index in [1.54, 1.807) is 42.5 Å². The third-order valence-electron chi connectivity index (χ3n) is 4.36. The number of carbonyl (C=O) groups excluding carboxylic acids is 2. The van der Waals surface area contributed by atoms with E-state index in [1.165, 1.54) is 0 Å². The second-order valence-electron chi connectivity index (χ2n) is 6.60. The van der Waals surface area contributed by atoms with Crippen LogP contribution in [0.1, 0.15) is 20.9 Å². The second kappa shape index (κ2) is 9.27. The molecule has 0 atom stereocenters. The first-order valence-corrected chi connectivity index (χ1v) is 10.7. The molecule has 3 aromatic carbocycles. The number of halogens is 1. The minimum absolute atomic E-state index is 0.157. The van der Waals surface area contributed by atoms with Crippen LogP contribution in [0.25, 0.3) is 11.0 Å². The van der Waals surface area contributed by atoms with Crippen molar-refractivity contribution in [3.63, 3.8) is 0 Å². The van der Waals surface area contributed by atoms with Gasteiger partial charge in [0.15, 0.2) is 10.9 Å². The van der Waals surface area contributed by atoms with Crippen LogP contribution < -0.4 is 16.0 Å². The van der Waals surface area contributed by atoms with Gasteiger partial charge in [0.2, 0.25) is 0 Å². The minimum Gasteiger partial charge on any atom is -0.451 e. The maximum Gasteiger partial charge on any atom is 0.291 e. The highest BCUT2D eigenvalue weighted by Crippen LogP contribution is 2.21. The first-order chi connectivity index (χ1) is 15.0. The highest BCUT2D eigenvalue weighted by Gasteiger charge is 2.13. The Hall–Kier alpha value is -3.24. The molecule has 0 aliphatic heterocycles. The van der Waals surface area contributed by atoms with Crippen LogP contribution in [0.5, 0.6) is 0 Å². The number of carbonyl (C=O) groups is 2. The lowest BCUT2D eigenvalue weighted by Crippen LogP contribution is -2.34. The van der Waals surface area contributed by atoms with E-state index in [2.05, 4.69) is 38.5 Å². The number of para-hydroxylation sites is 1. The molecule has 1 aromatic heterocycles. The van der Waals surface area contributed by atoms with Gasteiger partial charge in [-0.25, -0.2) is 0 Å². The van der Waals surface area contributed by atoms with Gasteiger partial charge in [-0.3, -0.25) is 14.9 Å². The van der Waals surface area contributed by atoms with Gasteiger partial charge in [0.1, 0.15) is 5.58 Å². The normalized spacial score (nSPS) is 10.5. The van der Waals surface area contributed by atoms with Crippen LogP contribution in [-0.2, 0) is 0 Å². The van der Waals surface area contributed by atoms with Crippen molar-refractivity contribution in [1.82, 2.24) is 5.32 Å². The first-order valence-electron chi connectivity index (χ1n) is 9.26. The fourth-order valence-electron chi connectivity index (χ4n) is 2.90. The molecule has 0 aliphatic carbocycles. The van der Waals surface area contributed by atoms with Crippen molar-refractivity contribution >= 4 is 74.1 Å². The Labute approximate surface area is 197 Å². The number of benzene rings is 3. The number of fused-ring (bicyclic) bond motifs is 1. The Morgan fingerprint density at radius 2 is 1.52 bits per heavy atom. The van der Waals surface area contributed by atoms with Gasteiger partial charge in [0, 0.05) is 25.9 Å². The van der Waals surface area contributed by atoms with Crippen LogP contribution in [0.2, 0.25) is 0 Å². The van der Waals surface area contributed by atoms with E-state index in [0.717, 1.165) is 8.96 Å². The highest BCUT2D eigenvalue weighted by molar-refractivity contribution is 14.1. The predicted octanol–water partition coefficient (Wildman–Crippen LogP) is 5.42. The molecule has 8 heteroatoms. The summed E-state index contributed by atoms with van der Waals surface area (Å²) in [5.74, 6) is -0.439. The van der Waals surface area contributed by atoms with Gasteiger partial charge in [-0.1, -0.05) is 24.3 Å². The highest BCUT2D eigenvalue weighted by atomic mass is 127. The smallest absolute Gasteiger partial charge is 0.291 e. The number of hydrogen-bond donors (Lipinski definition) is 3. The summed E-state index contributed by atoms with van der Waals surface area (Å²) in [7, 11) is 0. The van der Waals surface area contributed by atoms with Crippen LogP contribution in [0.15, 0.2) is 83.3 Å². The molecule has 0 saturated carbocycles. The van der Waals surface area contributed by atoms with E-state index < -0.39 is 0 Å². The van der Waals surface area contributed by atoms with Crippen molar-refractivity contribution in [2.75, 3.05) is 10.6 Å². The fourth-order valence-corrected chi connectivity index (χ4v) is 3.47. The summed E-state index contributed by atoms with van der Waals surface area (Å²) in [6, 6.07) is 23.3. The van der Waals surface area contributed by atoms with Gasteiger partial charge in [0.25, 0.3) is 11.8 Å². The lowest BCUT2D eigenvalue weighted by Gasteiger charge is -2.11. The lowest BCUT2D eigenvalue weighted by molar-refractivity contribution is 0.0975. The number of hydrogen-bond acceptors (Lipinski definition) is 4. The van der Waals surface area contributed by atoms with Gasteiger partial charge >= 0.3 is 0 Å². The van der Waals surface area contributed by atoms with Crippen molar-refractivity contribution in [3.8, 4) is 0 Å². The van der Waals surface area contributed by atoms with Gasteiger partial charge < -0.3 is 15.1 Å². The van der Waals surface area contributed by atoms with Crippen LogP contribution >= 0.6 is 34.8 Å². The number of thiocarbonyl (C=S) groups is 1. The average Bonchev–Trinajstić information content (AvgIpc) is 3.19. The average molecular weight is 541 g/mol. The number of anilines is 2. The topological polar surface area (TPSA) is 83.4 Å². The third kappa shape index (κ3) is 5.28. The Balaban J connectivity index is 1.39. The monoisotopic (exact) mass is 541 g/mol. The van der Waals surface area contributed by atoms with Crippen molar-refractivity contribution in [2.24, 2.45) is 0 Å². The summed E-state index contributed by atoms with van der Waals surface area (Å²) >= 11 is 7.41. The molecule has 31 heavy (non-hydrogen) atoms. The Bertz CT molecular complexity index is 1250. The van der Waals surface area contributed by atoms with Crippen LogP contribution in [-0.4, -0.2) is 16.9 Å². The van der Waals surface area contributed by atoms with Crippen LogP contribution in [0, 0.1) is 3.57 Å². The van der Waals surface area contributed by atoms with E-state index in [1.807, 2.05) is 36.4 Å². The van der Waals surface area contributed by atoms with Gasteiger partial charge in [-0.2, -0.15) is 0 Å². The maximum atomic E-state index is 12.5. The largest absolute Gasteiger partial charge is 0.451 e. The molecular formula is C23H16IN3O3S. The molecule has 1 heterocycles. The molecule has 0 spiro atoms. The number of amides is 2. The molecule has 0 unspecified atom stereocenters. The summed E-state index contributed by atoms with van der Waals surface area (Å²) in [6.07, 6.45) is 0. The van der Waals surface area contributed by atoms with Crippen molar-refractivity contribution in [2.45, 2.75) is 0 Å². The Morgan fingerprint density at radius 3 is 2.26 bits per heavy atom. The molecule has 0 fully saturated rings.